The van der Waals surface area contributed by atoms with Gasteiger partial charge in [0.2, 0.25) is 0 Å². The molecule has 0 aromatic rings. The van der Waals surface area contributed by atoms with Crippen molar-refractivity contribution in [2.75, 3.05) is 38.7 Å². The summed E-state index contributed by atoms with van der Waals surface area (Å²) < 4.78 is 21.9. The van der Waals surface area contributed by atoms with Gasteiger partial charge in [-0.15, -0.1) is 0 Å². The molecule has 0 amide bonds. The summed E-state index contributed by atoms with van der Waals surface area (Å²) in [4.78, 5) is 2.05. The van der Waals surface area contributed by atoms with E-state index in [-0.39, 0.29) is 5.75 Å². The number of hydrogen-bond acceptors (Lipinski definition) is 4. The van der Waals surface area contributed by atoms with Crippen molar-refractivity contribution in [2.24, 2.45) is 0 Å². The highest BCUT2D eigenvalue weighted by molar-refractivity contribution is 7.90. The Morgan fingerprint density at radius 3 is 2.47 bits per heavy atom. The molecule has 1 unspecified atom stereocenters. The van der Waals surface area contributed by atoms with E-state index in [4.69, 9.17) is 0 Å². The lowest BCUT2D eigenvalue weighted by Gasteiger charge is -2.21. The summed E-state index contributed by atoms with van der Waals surface area (Å²) in [5, 5.41) is 3.37. The van der Waals surface area contributed by atoms with Crippen molar-refractivity contribution in [1.29, 1.82) is 0 Å². The second-order valence-corrected chi connectivity index (χ2v) is 6.51. The maximum atomic E-state index is 11.0. The summed E-state index contributed by atoms with van der Waals surface area (Å²) in [6.45, 7) is 6.76. The number of rotatable bonds is 8. The van der Waals surface area contributed by atoms with Crippen molar-refractivity contribution in [3.05, 3.63) is 0 Å². The second kappa shape index (κ2) is 7.19. The van der Waals surface area contributed by atoms with E-state index in [1.165, 1.54) is 6.26 Å². The first-order valence-corrected chi connectivity index (χ1v) is 7.51. The Hall–Kier alpha value is -0.130. The minimum Gasteiger partial charge on any atom is -0.313 e. The molecule has 0 aromatic carbocycles. The van der Waals surface area contributed by atoms with Gasteiger partial charge in [-0.1, -0.05) is 6.92 Å². The predicted molar refractivity (Wildman–Crippen MR) is 65.0 cm³/mol. The van der Waals surface area contributed by atoms with E-state index in [2.05, 4.69) is 19.2 Å². The van der Waals surface area contributed by atoms with Gasteiger partial charge in [0.05, 0.1) is 5.75 Å². The minimum absolute atomic E-state index is 0.240. The molecule has 0 bridgehead atoms. The monoisotopic (exact) mass is 236 g/mol. The SMILES string of the molecule is CCCNC(C)CN(C)CCS(C)(=O)=O. The fraction of sp³-hybridized carbons (Fsp3) is 1.00. The summed E-state index contributed by atoms with van der Waals surface area (Å²) >= 11 is 0. The predicted octanol–water partition coefficient (Wildman–Crippen LogP) is 0.351. The third kappa shape index (κ3) is 10.2. The molecule has 0 radical (unpaired) electrons. The summed E-state index contributed by atoms with van der Waals surface area (Å²) in [5.74, 6) is 0.240. The van der Waals surface area contributed by atoms with Crippen LogP contribution in [0.1, 0.15) is 20.3 Å². The molecule has 0 rings (SSSR count). The maximum Gasteiger partial charge on any atom is 0.148 e. The highest BCUT2D eigenvalue weighted by Crippen LogP contribution is 1.91. The first-order chi connectivity index (χ1) is 6.85. The van der Waals surface area contributed by atoms with Crippen molar-refractivity contribution in [2.45, 2.75) is 26.3 Å². The number of nitrogens with one attached hydrogen (secondary N) is 1. The van der Waals surface area contributed by atoms with Crippen molar-refractivity contribution >= 4 is 9.84 Å². The number of hydrogen-bond donors (Lipinski definition) is 1. The molecular formula is C10H24N2O2S. The molecule has 0 saturated carbocycles. The van der Waals surface area contributed by atoms with Crippen molar-refractivity contribution in [3.8, 4) is 0 Å². The second-order valence-electron chi connectivity index (χ2n) is 4.25. The Kier molecular flexibility index (Phi) is 7.13. The Bertz CT molecular complexity index is 252. The van der Waals surface area contributed by atoms with Gasteiger partial charge in [0.1, 0.15) is 9.84 Å². The van der Waals surface area contributed by atoms with Crippen LogP contribution in [0.3, 0.4) is 0 Å². The zero-order valence-electron chi connectivity index (χ0n) is 10.3. The van der Waals surface area contributed by atoms with Crippen LogP contribution in [-0.4, -0.2) is 58.1 Å². The smallest absolute Gasteiger partial charge is 0.148 e. The first kappa shape index (κ1) is 14.9. The van der Waals surface area contributed by atoms with Gasteiger partial charge in [0, 0.05) is 25.4 Å². The van der Waals surface area contributed by atoms with Crippen molar-refractivity contribution < 1.29 is 8.42 Å². The molecule has 0 aliphatic heterocycles. The van der Waals surface area contributed by atoms with E-state index in [9.17, 15) is 8.42 Å². The Labute approximate surface area is 94.0 Å². The molecule has 4 nitrogen and oxygen atoms in total. The van der Waals surface area contributed by atoms with Gasteiger partial charge in [0.25, 0.3) is 0 Å². The molecule has 0 fully saturated rings. The molecule has 0 aliphatic rings. The summed E-state index contributed by atoms with van der Waals surface area (Å²) in [6, 6.07) is 0.412. The van der Waals surface area contributed by atoms with E-state index in [1.807, 2.05) is 11.9 Å². The topological polar surface area (TPSA) is 49.4 Å². The largest absolute Gasteiger partial charge is 0.313 e. The van der Waals surface area contributed by atoms with Crippen LogP contribution in [-0.2, 0) is 9.84 Å². The van der Waals surface area contributed by atoms with Crippen LogP contribution < -0.4 is 5.32 Å². The van der Waals surface area contributed by atoms with Crippen LogP contribution in [0.4, 0.5) is 0 Å². The standard InChI is InChI=1S/C10H24N2O2S/c1-5-6-11-10(2)9-12(3)7-8-15(4,13)14/h10-11H,5-9H2,1-4H3. The lowest BCUT2D eigenvalue weighted by molar-refractivity contribution is 0.311. The van der Waals surface area contributed by atoms with E-state index in [0.717, 1.165) is 19.5 Å². The van der Waals surface area contributed by atoms with E-state index in [0.29, 0.717) is 12.6 Å². The molecule has 15 heavy (non-hydrogen) atoms. The normalized spacial score (nSPS) is 14.5. The number of nitrogens with zero attached hydrogens (tertiary/aromatic N) is 1. The van der Waals surface area contributed by atoms with Crippen LogP contribution in [0.2, 0.25) is 0 Å². The molecule has 0 spiro atoms. The van der Waals surface area contributed by atoms with Crippen LogP contribution >= 0.6 is 0 Å². The molecule has 5 heteroatoms. The highest BCUT2D eigenvalue weighted by atomic mass is 32.2. The molecule has 0 aromatic heterocycles. The highest BCUT2D eigenvalue weighted by Gasteiger charge is 2.08. The van der Waals surface area contributed by atoms with Gasteiger partial charge in [-0.05, 0) is 26.9 Å². The van der Waals surface area contributed by atoms with Crippen LogP contribution in [0.15, 0.2) is 0 Å². The lowest BCUT2D eigenvalue weighted by Crippen LogP contribution is -2.39. The number of sulfone groups is 1. The zero-order chi connectivity index (χ0) is 11.9. The molecule has 1 atom stereocenters. The molecule has 0 heterocycles. The summed E-state index contributed by atoms with van der Waals surface area (Å²) in [7, 11) is -0.880. The molecular weight excluding hydrogens is 212 g/mol. The fourth-order valence-electron chi connectivity index (χ4n) is 1.34. The van der Waals surface area contributed by atoms with Gasteiger partial charge in [-0.25, -0.2) is 8.42 Å². The molecule has 92 valence electrons. The van der Waals surface area contributed by atoms with Gasteiger partial charge in [-0.3, -0.25) is 0 Å². The van der Waals surface area contributed by atoms with E-state index >= 15 is 0 Å². The lowest BCUT2D eigenvalue weighted by atomic mass is 10.3. The molecule has 0 saturated heterocycles. The Morgan fingerprint density at radius 2 is 2.00 bits per heavy atom. The third-order valence-electron chi connectivity index (χ3n) is 2.17. The fourth-order valence-corrected chi connectivity index (χ4v) is 1.98. The zero-order valence-corrected chi connectivity index (χ0v) is 11.1. The first-order valence-electron chi connectivity index (χ1n) is 5.44. The van der Waals surface area contributed by atoms with Gasteiger partial charge >= 0.3 is 0 Å². The quantitative estimate of drug-likeness (QED) is 0.661. The number of likely N-dealkylation sites (N-methyl/N-ethyl adjacent to an activating group) is 1. The van der Waals surface area contributed by atoms with Gasteiger partial charge in [0.15, 0.2) is 0 Å². The maximum absolute atomic E-state index is 11.0. The van der Waals surface area contributed by atoms with Crippen LogP contribution in [0, 0.1) is 0 Å². The van der Waals surface area contributed by atoms with Crippen molar-refractivity contribution in [3.63, 3.8) is 0 Å². The van der Waals surface area contributed by atoms with E-state index in [1.54, 1.807) is 0 Å². The summed E-state index contributed by atoms with van der Waals surface area (Å²) in [6.07, 6.45) is 2.40. The van der Waals surface area contributed by atoms with Crippen LogP contribution in [0.5, 0.6) is 0 Å². The van der Waals surface area contributed by atoms with Crippen LogP contribution in [0.25, 0.3) is 0 Å². The third-order valence-corrected chi connectivity index (χ3v) is 3.10. The van der Waals surface area contributed by atoms with Gasteiger partial charge < -0.3 is 10.2 Å². The summed E-state index contributed by atoms with van der Waals surface area (Å²) in [5.41, 5.74) is 0. The minimum atomic E-state index is -2.83. The molecule has 1 N–H and O–H groups in total. The Balaban J connectivity index is 3.68. The Morgan fingerprint density at radius 1 is 1.40 bits per heavy atom. The van der Waals surface area contributed by atoms with Gasteiger partial charge in [-0.2, -0.15) is 0 Å². The molecule has 0 aliphatic carbocycles. The average molecular weight is 236 g/mol. The van der Waals surface area contributed by atoms with Crippen molar-refractivity contribution in [1.82, 2.24) is 10.2 Å². The van der Waals surface area contributed by atoms with E-state index < -0.39 is 9.84 Å². The average Bonchev–Trinajstić information content (AvgIpc) is 2.10.